The van der Waals surface area contributed by atoms with Gasteiger partial charge in [0.1, 0.15) is 5.75 Å². The fraction of sp³-hybridized carbons (Fsp3) is 0.235. The van der Waals surface area contributed by atoms with E-state index in [0.29, 0.717) is 24.7 Å². The number of hydrogen-bond acceptors (Lipinski definition) is 4. The minimum Gasteiger partial charge on any atom is -0.484 e. The third-order valence-corrected chi connectivity index (χ3v) is 3.20. The molecule has 114 valence electrons. The van der Waals surface area contributed by atoms with Gasteiger partial charge in [0.05, 0.1) is 13.2 Å². The summed E-state index contributed by atoms with van der Waals surface area (Å²) in [5, 5.41) is 2.78. The molecule has 0 aliphatic carbocycles. The Morgan fingerprint density at radius 2 is 1.73 bits per heavy atom. The van der Waals surface area contributed by atoms with Crippen LogP contribution in [0.15, 0.2) is 54.6 Å². The normalized spacial score (nSPS) is 14.7. The molecule has 1 heterocycles. The summed E-state index contributed by atoms with van der Waals surface area (Å²) in [6.45, 7) is 1.20. The number of nitrogens with one attached hydrogen (secondary N) is 1. The second kappa shape index (κ2) is 7.06. The van der Waals surface area contributed by atoms with E-state index in [9.17, 15) is 4.79 Å². The topological polar surface area (TPSA) is 56.8 Å². The third-order valence-electron chi connectivity index (χ3n) is 3.20. The molecule has 5 nitrogen and oxygen atoms in total. The molecular formula is C17H17NO4. The Kier molecular flexibility index (Phi) is 4.68. The predicted molar refractivity (Wildman–Crippen MR) is 81.7 cm³/mol. The lowest BCUT2D eigenvalue weighted by molar-refractivity contribution is -0.118. The number of carbonyl (C=O) groups excluding carboxylic acids is 1. The van der Waals surface area contributed by atoms with Crippen LogP contribution in [0.25, 0.3) is 0 Å². The smallest absolute Gasteiger partial charge is 0.262 e. The molecule has 0 atom stereocenters. The minimum atomic E-state index is -0.300. The zero-order valence-corrected chi connectivity index (χ0v) is 12.0. The van der Waals surface area contributed by atoms with Gasteiger partial charge >= 0.3 is 0 Å². The molecule has 1 aliphatic heterocycles. The van der Waals surface area contributed by atoms with Crippen LogP contribution in [0.1, 0.15) is 11.9 Å². The molecule has 2 aromatic carbocycles. The summed E-state index contributed by atoms with van der Waals surface area (Å²) in [6, 6.07) is 16.6. The average Bonchev–Trinajstić information content (AvgIpc) is 3.09. The number of ether oxygens (including phenoxy) is 3. The monoisotopic (exact) mass is 299 g/mol. The number of anilines is 1. The maximum absolute atomic E-state index is 11.8. The van der Waals surface area contributed by atoms with Crippen LogP contribution in [0.3, 0.4) is 0 Å². The minimum absolute atomic E-state index is 0.0272. The summed E-state index contributed by atoms with van der Waals surface area (Å²) >= 11 is 0. The molecule has 22 heavy (non-hydrogen) atoms. The lowest BCUT2D eigenvalue weighted by Gasteiger charge is -2.11. The van der Waals surface area contributed by atoms with E-state index in [-0.39, 0.29) is 18.8 Å². The molecule has 2 aromatic rings. The lowest BCUT2D eigenvalue weighted by atomic mass is 10.2. The van der Waals surface area contributed by atoms with Crippen LogP contribution in [0.5, 0.6) is 5.75 Å². The summed E-state index contributed by atoms with van der Waals surface area (Å²) < 4.78 is 16.2. The van der Waals surface area contributed by atoms with Gasteiger partial charge in [-0.05, 0) is 24.3 Å². The first-order valence-corrected chi connectivity index (χ1v) is 7.12. The summed E-state index contributed by atoms with van der Waals surface area (Å²) in [6.07, 6.45) is -0.300. The molecule has 5 heteroatoms. The van der Waals surface area contributed by atoms with Crippen molar-refractivity contribution in [3.63, 3.8) is 0 Å². The molecule has 1 amide bonds. The van der Waals surface area contributed by atoms with Crippen LogP contribution in [0, 0.1) is 0 Å². The van der Waals surface area contributed by atoms with Crippen molar-refractivity contribution in [3.05, 3.63) is 60.2 Å². The molecular weight excluding hydrogens is 282 g/mol. The highest BCUT2D eigenvalue weighted by molar-refractivity contribution is 5.91. The van der Waals surface area contributed by atoms with Crippen molar-refractivity contribution in [1.82, 2.24) is 0 Å². The first-order chi connectivity index (χ1) is 10.8. The highest BCUT2D eigenvalue weighted by Crippen LogP contribution is 2.24. The first kappa shape index (κ1) is 14.6. The molecule has 0 unspecified atom stereocenters. The van der Waals surface area contributed by atoms with Crippen molar-refractivity contribution in [2.75, 3.05) is 25.1 Å². The van der Waals surface area contributed by atoms with Gasteiger partial charge in [0.2, 0.25) is 0 Å². The van der Waals surface area contributed by atoms with Crippen LogP contribution in [0.2, 0.25) is 0 Å². The Hall–Kier alpha value is -2.37. The van der Waals surface area contributed by atoms with Gasteiger partial charge in [-0.2, -0.15) is 0 Å². The zero-order valence-electron chi connectivity index (χ0n) is 12.0. The first-order valence-electron chi connectivity index (χ1n) is 7.12. The maximum Gasteiger partial charge on any atom is 0.262 e. The molecule has 0 radical (unpaired) electrons. The van der Waals surface area contributed by atoms with Gasteiger partial charge in [-0.1, -0.05) is 30.3 Å². The Morgan fingerprint density at radius 3 is 2.41 bits per heavy atom. The van der Waals surface area contributed by atoms with Crippen molar-refractivity contribution in [1.29, 1.82) is 0 Å². The molecule has 3 rings (SSSR count). The Balaban J connectivity index is 1.50. The maximum atomic E-state index is 11.8. The van der Waals surface area contributed by atoms with E-state index in [4.69, 9.17) is 14.2 Å². The fourth-order valence-electron chi connectivity index (χ4n) is 2.14. The van der Waals surface area contributed by atoms with Crippen LogP contribution in [-0.2, 0) is 14.3 Å². The predicted octanol–water partition coefficient (Wildman–Crippen LogP) is 2.75. The van der Waals surface area contributed by atoms with Gasteiger partial charge < -0.3 is 19.5 Å². The van der Waals surface area contributed by atoms with Crippen LogP contribution in [0.4, 0.5) is 5.69 Å². The molecule has 0 saturated carbocycles. The van der Waals surface area contributed by atoms with Crippen molar-refractivity contribution >= 4 is 11.6 Å². The Morgan fingerprint density at radius 1 is 1.05 bits per heavy atom. The number of amides is 1. The van der Waals surface area contributed by atoms with Gasteiger partial charge in [-0.25, -0.2) is 0 Å². The van der Waals surface area contributed by atoms with Gasteiger partial charge in [-0.3, -0.25) is 4.79 Å². The van der Waals surface area contributed by atoms with Gasteiger partial charge in [-0.15, -0.1) is 0 Å². The Labute approximate surface area is 128 Å². The lowest BCUT2D eigenvalue weighted by Crippen LogP contribution is -2.20. The SMILES string of the molecule is O=C(COc1ccccc1)Nc1ccc(C2OCCO2)cc1. The second-order valence-corrected chi connectivity index (χ2v) is 4.85. The number of rotatable bonds is 5. The zero-order chi connectivity index (χ0) is 15.2. The van der Waals surface area contributed by atoms with Crippen LogP contribution >= 0.6 is 0 Å². The van der Waals surface area contributed by atoms with Crippen molar-refractivity contribution < 1.29 is 19.0 Å². The summed E-state index contributed by atoms with van der Waals surface area (Å²) in [5.74, 6) is 0.466. The molecule has 0 spiro atoms. The van der Waals surface area contributed by atoms with Crippen LogP contribution in [-0.4, -0.2) is 25.7 Å². The molecule has 1 saturated heterocycles. The van der Waals surface area contributed by atoms with Gasteiger partial charge in [0.25, 0.3) is 5.91 Å². The van der Waals surface area contributed by atoms with Crippen molar-refractivity contribution in [3.8, 4) is 5.75 Å². The number of para-hydroxylation sites is 1. The van der Waals surface area contributed by atoms with Crippen molar-refractivity contribution in [2.45, 2.75) is 6.29 Å². The summed E-state index contributed by atoms with van der Waals surface area (Å²) in [5.41, 5.74) is 1.65. The van der Waals surface area contributed by atoms with Crippen molar-refractivity contribution in [2.24, 2.45) is 0 Å². The molecule has 0 bridgehead atoms. The highest BCUT2D eigenvalue weighted by atomic mass is 16.7. The summed E-state index contributed by atoms with van der Waals surface area (Å²) in [7, 11) is 0. The van der Waals surface area contributed by atoms with E-state index in [1.807, 2.05) is 54.6 Å². The molecule has 0 aromatic heterocycles. The van der Waals surface area contributed by atoms with E-state index in [1.165, 1.54) is 0 Å². The van der Waals surface area contributed by atoms with E-state index in [2.05, 4.69) is 5.32 Å². The molecule has 1 aliphatic rings. The number of carbonyl (C=O) groups is 1. The van der Waals surface area contributed by atoms with Crippen LogP contribution < -0.4 is 10.1 Å². The number of benzene rings is 2. The second-order valence-electron chi connectivity index (χ2n) is 4.85. The largest absolute Gasteiger partial charge is 0.484 e. The summed E-state index contributed by atoms with van der Waals surface area (Å²) in [4.78, 5) is 11.8. The standard InChI is InChI=1S/C17H17NO4/c19-16(12-22-15-4-2-1-3-5-15)18-14-8-6-13(7-9-14)17-20-10-11-21-17/h1-9,17H,10-12H2,(H,18,19). The van der Waals surface area contributed by atoms with E-state index < -0.39 is 0 Å². The highest BCUT2D eigenvalue weighted by Gasteiger charge is 2.17. The fourth-order valence-corrected chi connectivity index (χ4v) is 2.14. The third kappa shape index (κ3) is 3.84. The van der Waals surface area contributed by atoms with Gasteiger partial charge in [0.15, 0.2) is 12.9 Å². The van der Waals surface area contributed by atoms with E-state index in [1.54, 1.807) is 0 Å². The van der Waals surface area contributed by atoms with Gasteiger partial charge in [0, 0.05) is 11.3 Å². The molecule has 1 N–H and O–H groups in total. The quantitative estimate of drug-likeness (QED) is 0.922. The van der Waals surface area contributed by atoms with E-state index in [0.717, 1.165) is 5.56 Å². The number of hydrogen-bond donors (Lipinski definition) is 1. The van der Waals surface area contributed by atoms with E-state index >= 15 is 0 Å². The average molecular weight is 299 g/mol. The Bertz CT molecular complexity index is 606. The molecule has 1 fully saturated rings.